The van der Waals surface area contributed by atoms with Gasteiger partial charge in [-0.15, -0.1) is 0 Å². The van der Waals surface area contributed by atoms with Crippen molar-refractivity contribution < 1.29 is 14.3 Å². The summed E-state index contributed by atoms with van der Waals surface area (Å²) in [4.78, 5) is 26.6. The minimum Gasteiger partial charge on any atom is -0.457 e. The van der Waals surface area contributed by atoms with Gasteiger partial charge in [0, 0.05) is 12.1 Å². The van der Waals surface area contributed by atoms with Crippen LogP contribution in [0.5, 0.6) is 0 Å². The van der Waals surface area contributed by atoms with Crippen molar-refractivity contribution in [3.8, 4) is 0 Å². The predicted molar refractivity (Wildman–Crippen MR) is 89.7 cm³/mol. The van der Waals surface area contributed by atoms with Crippen LogP contribution in [0.15, 0.2) is 42.5 Å². The zero-order chi connectivity index (χ0) is 17.2. The molecule has 0 radical (unpaired) electrons. The van der Waals surface area contributed by atoms with E-state index in [1.54, 1.807) is 20.8 Å². The van der Waals surface area contributed by atoms with Gasteiger partial charge in [0.25, 0.3) is 0 Å². The van der Waals surface area contributed by atoms with Gasteiger partial charge >= 0.3 is 5.97 Å². The molecule has 4 nitrogen and oxygen atoms in total. The van der Waals surface area contributed by atoms with E-state index in [0.717, 1.165) is 5.56 Å². The molecule has 0 aliphatic carbocycles. The predicted octanol–water partition coefficient (Wildman–Crippen LogP) is 3.49. The highest BCUT2D eigenvalue weighted by Crippen LogP contribution is 2.32. The monoisotopic (exact) mass is 315 g/mol. The van der Waals surface area contributed by atoms with Gasteiger partial charge in [-0.1, -0.05) is 36.9 Å². The molecule has 1 aromatic carbocycles. The van der Waals surface area contributed by atoms with Crippen molar-refractivity contribution in [3.05, 3.63) is 48.0 Å². The smallest absolute Gasteiger partial charge is 0.334 e. The van der Waals surface area contributed by atoms with Gasteiger partial charge in [0.2, 0.25) is 5.91 Å². The van der Waals surface area contributed by atoms with Crippen molar-refractivity contribution in [2.75, 3.05) is 6.54 Å². The Morgan fingerprint density at radius 2 is 1.91 bits per heavy atom. The lowest BCUT2D eigenvalue weighted by molar-refractivity contribution is -0.151. The van der Waals surface area contributed by atoms with Crippen LogP contribution >= 0.6 is 0 Å². The Morgan fingerprint density at radius 1 is 1.30 bits per heavy atom. The molecule has 1 amide bonds. The molecule has 0 unspecified atom stereocenters. The number of likely N-dealkylation sites (tertiary alicyclic amines) is 1. The first-order valence-electron chi connectivity index (χ1n) is 7.98. The highest BCUT2D eigenvalue weighted by Gasteiger charge is 2.39. The molecule has 4 heteroatoms. The van der Waals surface area contributed by atoms with Crippen LogP contribution < -0.4 is 0 Å². The molecular formula is C19H25NO3. The first-order valence-corrected chi connectivity index (χ1v) is 7.98. The third-order valence-electron chi connectivity index (χ3n) is 4.07. The molecule has 23 heavy (non-hydrogen) atoms. The van der Waals surface area contributed by atoms with Crippen LogP contribution in [-0.4, -0.2) is 28.9 Å². The van der Waals surface area contributed by atoms with Crippen LogP contribution in [0.3, 0.4) is 0 Å². The number of esters is 1. The van der Waals surface area contributed by atoms with Crippen LogP contribution in [0.4, 0.5) is 0 Å². The maximum Gasteiger partial charge on any atom is 0.334 e. The van der Waals surface area contributed by atoms with E-state index in [9.17, 15) is 9.59 Å². The van der Waals surface area contributed by atoms with Gasteiger partial charge in [0.1, 0.15) is 5.60 Å². The Bertz CT molecular complexity index is 601. The molecular weight excluding hydrogens is 290 g/mol. The second-order valence-electron chi connectivity index (χ2n) is 6.99. The molecule has 1 aliphatic rings. The normalized spacial score (nSPS) is 19.6. The third kappa shape index (κ3) is 4.01. The number of carbonyl (C=O) groups excluding carboxylic acids is 2. The third-order valence-corrected chi connectivity index (χ3v) is 4.07. The van der Waals surface area contributed by atoms with E-state index in [0.29, 0.717) is 13.0 Å². The molecule has 1 saturated heterocycles. The van der Waals surface area contributed by atoms with Crippen LogP contribution in [0, 0.1) is 5.92 Å². The van der Waals surface area contributed by atoms with Gasteiger partial charge in [0.15, 0.2) is 0 Å². The van der Waals surface area contributed by atoms with Gasteiger partial charge < -0.3 is 9.64 Å². The first-order chi connectivity index (χ1) is 10.7. The summed E-state index contributed by atoms with van der Waals surface area (Å²) in [5.41, 5.74) is 0.760. The number of ether oxygens (including phenoxy) is 1. The Morgan fingerprint density at radius 3 is 2.48 bits per heavy atom. The van der Waals surface area contributed by atoms with Gasteiger partial charge in [-0.2, -0.15) is 0 Å². The lowest BCUT2D eigenvalue weighted by Crippen LogP contribution is -2.33. The number of rotatable bonds is 4. The van der Waals surface area contributed by atoms with Gasteiger partial charge in [-0.25, -0.2) is 4.79 Å². The first kappa shape index (κ1) is 17.3. The lowest BCUT2D eigenvalue weighted by Gasteiger charge is -2.26. The maximum absolute atomic E-state index is 12.7. The second-order valence-corrected chi connectivity index (χ2v) is 6.99. The highest BCUT2D eigenvalue weighted by atomic mass is 16.6. The van der Waals surface area contributed by atoms with Crippen molar-refractivity contribution >= 4 is 11.9 Å². The van der Waals surface area contributed by atoms with E-state index in [2.05, 4.69) is 6.58 Å². The summed E-state index contributed by atoms with van der Waals surface area (Å²) >= 11 is 0. The number of carbonyl (C=O) groups is 2. The Hall–Kier alpha value is -2.10. The molecule has 1 fully saturated rings. The molecule has 2 atom stereocenters. The van der Waals surface area contributed by atoms with Gasteiger partial charge in [-0.05, 0) is 39.7 Å². The van der Waals surface area contributed by atoms with Gasteiger partial charge in [-0.3, -0.25) is 4.79 Å². The standard InChI is InChI=1S/C19H25NO3/c1-13(18(22)23-19(3,4)5)16-11-12-20(17(16)21)14(2)15-9-7-6-8-10-15/h6-10,14,16H,1,11-12H2,2-5H3/t14-,16+/m1/s1. The fourth-order valence-electron chi connectivity index (χ4n) is 2.81. The van der Waals surface area contributed by atoms with Crippen LogP contribution in [0.25, 0.3) is 0 Å². The van der Waals surface area contributed by atoms with Crippen molar-refractivity contribution in [3.63, 3.8) is 0 Å². The number of nitrogens with zero attached hydrogens (tertiary/aromatic N) is 1. The molecule has 0 bridgehead atoms. The zero-order valence-corrected chi connectivity index (χ0v) is 14.3. The quantitative estimate of drug-likeness (QED) is 0.631. The Kier molecular flexibility index (Phi) is 4.93. The summed E-state index contributed by atoms with van der Waals surface area (Å²) in [7, 11) is 0. The maximum atomic E-state index is 12.7. The highest BCUT2D eigenvalue weighted by molar-refractivity contribution is 5.97. The Balaban J connectivity index is 2.07. The van der Waals surface area contributed by atoms with Crippen LogP contribution in [-0.2, 0) is 14.3 Å². The van der Waals surface area contributed by atoms with Crippen molar-refractivity contribution in [2.24, 2.45) is 5.92 Å². The van der Waals surface area contributed by atoms with Crippen molar-refractivity contribution in [1.29, 1.82) is 0 Å². The van der Waals surface area contributed by atoms with E-state index < -0.39 is 17.5 Å². The molecule has 1 aliphatic heterocycles. The number of amides is 1. The van der Waals surface area contributed by atoms with Crippen LogP contribution in [0.1, 0.15) is 45.7 Å². The largest absolute Gasteiger partial charge is 0.457 e. The Labute approximate surface area is 138 Å². The molecule has 2 rings (SSSR count). The molecule has 0 aromatic heterocycles. The van der Waals surface area contributed by atoms with E-state index in [4.69, 9.17) is 4.74 Å². The molecule has 0 saturated carbocycles. The number of benzene rings is 1. The van der Waals surface area contributed by atoms with E-state index in [1.807, 2.05) is 42.2 Å². The second kappa shape index (κ2) is 6.57. The average molecular weight is 315 g/mol. The van der Waals surface area contributed by atoms with Crippen molar-refractivity contribution in [2.45, 2.75) is 45.8 Å². The molecule has 0 spiro atoms. The zero-order valence-electron chi connectivity index (χ0n) is 14.3. The number of hydrogen-bond acceptors (Lipinski definition) is 3. The summed E-state index contributed by atoms with van der Waals surface area (Å²) in [5, 5.41) is 0. The topological polar surface area (TPSA) is 46.6 Å². The summed E-state index contributed by atoms with van der Waals surface area (Å²) in [6, 6.07) is 9.88. The molecule has 1 aromatic rings. The fraction of sp³-hybridized carbons (Fsp3) is 0.474. The average Bonchev–Trinajstić information content (AvgIpc) is 2.86. The van der Waals surface area contributed by atoms with Crippen molar-refractivity contribution in [1.82, 2.24) is 4.90 Å². The minimum atomic E-state index is -0.585. The summed E-state index contributed by atoms with van der Waals surface area (Å²) in [6.07, 6.45) is 0.605. The number of hydrogen-bond donors (Lipinski definition) is 0. The fourth-order valence-corrected chi connectivity index (χ4v) is 2.81. The van der Waals surface area contributed by atoms with Gasteiger partial charge in [0.05, 0.1) is 12.0 Å². The van der Waals surface area contributed by atoms with Crippen LogP contribution in [0.2, 0.25) is 0 Å². The van der Waals surface area contributed by atoms with E-state index >= 15 is 0 Å². The summed E-state index contributed by atoms with van der Waals surface area (Å²) in [6.45, 7) is 11.9. The minimum absolute atomic E-state index is 0.0138. The summed E-state index contributed by atoms with van der Waals surface area (Å²) in [5.74, 6) is -1.00. The SMILES string of the molecule is C=C(C(=O)OC(C)(C)C)[C@@H]1CCN([C@H](C)c2ccccc2)C1=O. The summed E-state index contributed by atoms with van der Waals surface area (Å²) < 4.78 is 5.33. The van der Waals surface area contributed by atoms with E-state index in [-0.39, 0.29) is 17.5 Å². The molecule has 1 heterocycles. The molecule has 124 valence electrons. The van der Waals surface area contributed by atoms with E-state index in [1.165, 1.54) is 0 Å². The lowest BCUT2D eigenvalue weighted by atomic mass is 9.98. The molecule has 0 N–H and O–H groups in total.